The van der Waals surface area contributed by atoms with Gasteiger partial charge in [-0.2, -0.15) is 0 Å². The van der Waals surface area contributed by atoms with Gasteiger partial charge in [-0.25, -0.2) is 9.59 Å². The molecule has 0 aliphatic heterocycles. The number of carboxylic acids is 1. The van der Waals surface area contributed by atoms with E-state index in [1.807, 2.05) is 25.9 Å². The molecular formula is C13H18BrN3O3. The summed E-state index contributed by atoms with van der Waals surface area (Å²) in [7, 11) is 3.82. The number of amides is 2. The third-order valence-electron chi connectivity index (χ3n) is 2.48. The smallest absolute Gasteiger partial charge is 0.337 e. The van der Waals surface area contributed by atoms with Crippen molar-refractivity contribution in [2.45, 2.75) is 13.0 Å². The fourth-order valence-electron chi connectivity index (χ4n) is 1.78. The first kappa shape index (κ1) is 16.5. The Morgan fingerprint density at radius 1 is 1.40 bits per heavy atom. The lowest BCUT2D eigenvalue weighted by Gasteiger charge is -2.19. The minimum Gasteiger partial charge on any atom is -0.478 e. The van der Waals surface area contributed by atoms with Crippen molar-refractivity contribution in [3.63, 3.8) is 0 Å². The number of anilines is 1. The highest BCUT2D eigenvalue weighted by Crippen LogP contribution is 2.21. The molecule has 1 rings (SSSR count). The SMILES string of the molecule is CC(CN(C)C)NC(=O)Nc1cc(Br)ccc1C(=O)O. The summed E-state index contributed by atoms with van der Waals surface area (Å²) in [6.45, 7) is 2.57. The highest BCUT2D eigenvalue weighted by atomic mass is 79.9. The molecule has 110 valence electrons. The molecule has 0 spiro atoms. The summed E-state index contributed by atoms with van der Waals surface area (Å²) in [5, 5.41) is 14.4. The summed E-state index contributed by atoms with van der Waals surface area (Å²) in [5.41, 5.74) is 0.296. The van der Waals surface area contributed by atoms with E-state index in [9.17, 15) is 9.59 Å². The number of nitrogens with zero attached hydrogens (tertiary/aromatic N) is 1. The lowest BCUT2D eigenvalue weighted by atomic mass is 10.2. The van der Waals surface area contributed by atoms with Gasteiger partial charge in [-0.1, -0.05) is 15.9 Å². The van der Waals surface area contributed by atoms with Gasteiger partial charge in [0.05, 0.1) is 11.3 Å². The Bertz CT molecular complexity index is 506. The van der Waals surface area contributed by atoms with Crippen LogP contribution >= 0.6 is 15.9 Å². The van der Waals surface area contributed by atoms with Crippen LogP contribution in [0.1, 0.15) is 17.3 Å². The number of aromatic carboxylic acids is 1. The van der Waals surface area contributed by atoms with E-state index in [2.05, 4.69) is 26.6 Å². The van der Waals surface area contributed by atoms with Crippen LogP contribution in [0, 0.1) is 0 Å². The highest BCUT2D eigenvalue weighted by Gasteiger charge is 2.14. The van der Waals surface area contributed by atoms with Crippen LogP contribution in [0.25, 0.3) is 0 Å². The van der Waals surface area contributed by atoms with Crippen molar-refractivity contribution in [3.05, 3.63) is 28.2 Å². The van der Waals surface area contributed by atoms with Crippen LogP contribution in [0.15, 0.2) is 22.7 Å². The normalized spacial score (nSPS) is 12.1. The molecule has 0 aliphatic rings. The third-order valence-corrected chi connectivity index (χ3v) is 2.97. The predicted octanol–water partition coefficient (Wildman–Crippen LogP) is 2.22. The van der Waals surface area contributed by atoms with Gasteiger partial charge < -0.3 is 20.6 Å². The zero-order valence-corrected chi connectivity index (χ0v) is 13.2. The van der Waals surface area contributed by atoms with Gasteiger partial charge >= 0.3 is 12.0 Å². The van der Waals surface area contributed by atoms with Gasteiger partial charge in [0.2, 0.25) is 0 Å². The summed E-state index contributed by atoms with van der Waals surface area (Å²) in [5.74, 6) is -1.09. The fraction of sp³-hybridized carbons (Fsp3) is 0.385. The van der Waals surface area contributed by atoms with Crippen molar-refractivity contribution in [3.8, 4) is 0 Å². The molecule has 0 aliphatic carbocycles. The molecule has 1 atom stereocenters. The Balaban J connectivity index is 2.75. The molecule has 6 nitrogen and oxygen atoms in total. The van der Waals surface area contributed by atoms with E-state index >= 15 is 0 Å². The van der Waals surface area contributed by atoms with Crippen molar-refractivity contribution in [2.75, 3.05) is 26.0 Å². The molecule has 20 heavy (non-hydrogen) atoms. The van der Waals surface area contributed by atoms with Crippen LogP contribution in [-0.2, 0) is 0 Å². The lowest BCUT2D eigenvalue weighted by molar-refractivity contribution is 0.0698. The van der Waals surface area contributed by atoms with Crippen LogP contribution in [0.2, 0.25) is 0 Å². The highest BCUT2D eigenvalue weighted by molar-refractivity contribution is 9.10. The van der Waals surface area contributed by atoms with E-state index in [0.717, 1.165) is 0 Å². The monoisotopic (exact) mass is 343 g/mol. The second-order valence-electron chi connectivity index (χ2n) is 4.76. The average Bonchev–Trinajstić information content (AvgIpc) is 2.26. The van der Waals surface area contributed by atoms with Crippen molar-refractivity contribution in [1.29, 1.82) is 0 Å². The fourth-order valence-corrected chi connectivity index (χ4v) is 2.14. The molecule has 0 bridgehead atoms. The number of nitrogens with one attached hydrogen (secondary N) is 2. The molecule has 0 saturated carbocycles. The van der Waals surface area contributed by atoms with Gasteiger partial charge in [0, 0.05) is 17.1 Å². The van der Waals surface area contributed by atoms with E-state index < -0.39 is 12.0 Å². The van der Waals surface area contributed by atoms with Crippen molar-refractivity contribution in [2.24, 2.45) is 0 Å². The number of urea groups is 1. The van der Waals surface area contributed by atoms with E-state index in [4.69, 9.17) is 5.11 Å². The van der Waals surface area contributed by atoms with Crippen molar-refractivity contribution < 1.29 is 14.7 Å². The molecule has 0 heterocycles. The van der Waals surface area contributed by atoms with Gasteiger partial charge in [-0.3, -0.25) is 0 Å². The zero-order chi connectivity index (χ0) is 15.3. The van der Waals surface area contributed by atoms with Crippen LogP contribution in [-0.4, -0.2) is 48.7 Å². The largest absolute Gasteiger partial charge is 0.478 e. The Hall–Kier alpha value is -1.60. The van der Waals surface area contributed by atoms with E-state index in [1.165, 1.54) is 6.07 Å². The first-order valence-electron chi connectivity index (χ1n) is 6.04. The molecule has 7 heteroatoms. The predicted molar refractivity (Wildman–Crippen MR) is 81.3 cm³/mol. The number of halogens is 1. The zero-order valence-electron chi connectivity index (χ0n) is 11.6. The molecule has 2 amide bonds. The summed E-state index contributed by atoms with van der Waals surface area (Å²) >= 11 is 3.25. The number of hydrogen-bond acceptors (Lipinski definition) is 3. The summed E-state index contributed by atoms with van der Waals surface area (Å²) in [6.07, 6.45) is 0. The molecule has 0 fully saturated rings. The number of carbonyl (C=O) groups excluding carboxylic acids is 1. The molecule has 3 N–H and O–H groups in total. The lowest BCUT2D eigenvalue weighted by Crippen LogP contribution is -2.41. The van der Waals surface area contributed by atoms with Gasteiger partial charge in [-0.15, -0.1) is 0 Å². The minimum absolute atomic E-state index is 0.0450. The number of hydrogen-bond donors (Lipinski definition) is 3. The molecule has 0 saturated heterocycles. The number of benzene rings is 1. The van der Waals surface area contributed by atoms with Crippen molar-refractivity contribution in [1.82, 2.24) is 10.2 Å². The Morgan fingerprint density at radius 2 is 2.05 bits per heavy atom. The van der Waals surface area contributed by atoms with E-state index in [0.29, 0.717) is 11.0 Å². The quantitative estimate of drug-likeness (QED) is 0.765. The average molecular weight is 344 g/mol. The Labute approximate surface area is 126 Å². The van der Waals surface area contributed by atoms with Crippen LogP contribution in [0.4, 0.5) is 10.5 Å². The number of rotatable bonds is 5. The topological polar surface area (TPSA) is 81.7 Å². The van der Waals surface area contributed by atoms with Crippen LogP contribution in [0.5, 0.6) is 0 Å². The summed E-state index contributed by atoms with van der Waals surface area (Å²) in [4.78, 5) is 24.9. The van der Waals surface area contributed by atoms with Gasteiger partial charge in [0.15, 0.2) is 0 Å². The molecule has 1 aromatic rings. The first-order valence-corrected chi connectivity index (χ1v) is 6.84. The van der Waals surface area contributed by atoms with Gasteiger partial charge in [-0.05, 0) is 39.2 Å². The Kier molecular flexibility index (Phi) is 5.97. The van der Waals surface area contributed by atoms with Crippen LogP contribution in [0.3, 0.4) is 0 Å². The molecule has 1 aromatic carbocycles. The molecule has 1 unspecified atom stereocenters. The first-order chi connectivity index (χ1) is 9.29. The molecular weight excluding hydrogens is 326 g/mol. The maximum Gasteiger partial charge on any atom is 0.337 e. The molecule has 0 radical (unpaired) electrons. The maximum absolute atomic E-state index is 11.8. The van der Waals surface area contributed by atoms with Gasteiger partial charge in [0.1, 0.15) is 0 Å². The third kappa shape index (κ3) is 5.18. The van der Waals surface area contributed by atoms with Gasteiger partial charge in [0.25, 0.3) is 0 Å². The Morgan fingerprint density at radius 3 is 2.60 bits per heavy atom. The van der Waals surface area contributed by atoms with E-state index in [-0.39, 0.29) is 17.3 Å². The summed E-state index contributed by atoms with van der Waals surface area (Å²) in [6, 6.07) is 4.12. The second kappa shape index (κ2) is 7.25. The van der Waals surface area contributed by atoms with Crippen LogP contribution < -0.4 is 10.6 Å². The van der Waals surface area contributed by atoms with Crippen molar-refractivity contribution >= 4 is 33.6 Å². The number of likely N-dealkylation sites (N-methyl/N-ethyl adjacent to an activating group) is 1. The van der Waals surface area contributed by atoms with E-state index in [1.54, 1.807) is 12.1 Å². The standard InChI is InChI=1S/C13H18BrN3O3/c1-8(7-17(2)3)15-13(20)16-11-6-9(14)4-5-10(11)12(18)19/h4-6,8H,7H2,1-3H3,(H,18,19)(H2,15,16,20). The number of carboxylic acid groups (broad SMARTS) is 1. The minimum atomic E-state index is -1.09. The second-order valence-corrected chi connectivity index (χ2v) is 5.67. The molecule has 0 aromatic heterocycles. The summed E-state index contributed by atoms with van der Waals surface area (Å²) < 4.78 is 0.694. The number of carbonyl (C=O) groups is 2. The maximum atomic E-state index is 11.8.